The van der Waals surface area contributed by atoms with Crippen LogP contribution in [-0.4, -0.2) is 18.6 Å². The van der Waals surface area contributed by atoms with Crippen LogP contribution < -0.4 is 0 Å². The molecule has 1 heterocycles. The molecule has 2 aromatic rings. The Bertz CT molecular complexity index is 677. The molecular weight excluding hydrogens is 264 g/mol. The van der Waals surface area contributed by atoms with Gasteiger partial charge in [0.2, 0.25) is 5.89 Å². The van der Waals surface area contributed by atoms with Gasteiger partial charge in [0.1, 0.15) is 5.25 Å². The standard InChI is InChI=1S/C13H16N2O3S/c1-9-6-4-5-7-12(9)8-19(16,17)10(2)13-14-11(3)15-18-13/h4-7,10H,8H2,1-3H3/t10-/m0/s1. The lowest BCUT2D eigenvalue weighted by molar-refractivity contribution is 0.373. The van der Waals surface area contributed by atoms with Gasteiger partial charge in [0.15, 0.2) is 15.7 Å². The minimum Gasteiger partial charge on any atom is -0.338 e. The van der Waals surface area contributed by atoms with Gasteiger partial charge in [-0.3, -0.25) is 0 Å². The van der Waals surface area contributed by atoms with E-state index in [2.05, 4.69) is 10.1 Å². The summed E-state index contributed by atoms with van der Waals surface area (Å²) in [6.45, 7) is 5.13. The molecule has 0 aliphatic rings. The number of aromatic nitrogens is 2. The molecular formula is C13H16N2O3S. The Morgan fingerprint density at radius 2 is 1.95 bits per heavy atom. The van der Waals surface area contributed by atoms with Gasteiger partial charge >= 0.3 is 0 Å². The third kappa shape index (κ3) is 3.01. The maximum absolute atomic E-state index is 12.3. The maximum Gasteiger partial charge on any atom is 0.244 e. The van der Waals surface area contributed by atoms with Crippen molar-refractivity contribution >= 4 is 9.84 Å². The van der Waals surface area contributed by atoms with Gasteiger partial charge in [0.25, 0.3) is 0 Å². The smallest absolute Gasteiger partial charge is 0.244 e. The average Bonchev–Trinajstić information content (AvgIpc) is 2.77. The van der Waals surface area contributed by atoms with Crippen molar-refractivity contribution in [2.75, 3.05) is 0 Å². The molecule has 1 aromatic carbocycles. The van der Waals surface area contributed by atoms with Crippen LogP contribution in [0.25, 0.3) is 0 Å². The molecule has 0 saturated heterocycles. The van der Waals surface area contributed by atoms with Gasteiger partial charge in [-0.05, 0) is 31.9 Å². The third-order valence-electron chi connectivity index (χ3n) is 3.05. The van der Waals surface area contributed by atoms with Crippen LogP contribution in [0.1, 0.15) is 35.0 Å². The van der Waals surface area contributed by atoms with Crippen molar-refractivity contribution in [1.29, 1.82) is 0 Å². The first-order valence-corrected chi connectivity index (χ1v) is 7.68. The third-order valence-corrected chi connectivity index (χ3v) is 5.04. The van der Waals surface area contributed by atoms with E-state index in [4.69, 9.17) is 4.52 Å². The summed E-state index contributed by atoms with van der Waals surface area (Å²) in [5, 5.41) is 2.83. The lowest BCUT2D eigenvalue weighted by Crippen LogP contribution is -2.13. The second-order valence-electron chi connectivity index (χ2n) is 4.56. The Morgan fingerprint density at radius 3 is 2.53 bits per heavy atom. The first-order valence-electron chi connectivity index (χ1n) is 5.96. The quantitative estimate of drug-likeness (QED) is 0.859. The minimum atomic E-state index is -3.37. The number of rotatable bonds is 4. The summed E-state index contributed by atoms with van der Waals surface area (Å²) in [7, 11) is -3.37. The van der Waals surface area contributed by atoms with Crippen molar-refractivity contribution in [2.24, 2.45) is 0 Å². The van der Waals surface area contributed by atoms with Gasteiger partial charge in [-0.1, -0.05) is 29.4 Å². The van der Waals surface area contributed by atoms with Crippen molar-refractivity contribution in [3.05, 3.63) is 47.1 Å². The molecule has 0 aliphatic carbocycles. The highest BCUT2D eigenvalue weighted by Crippen LogP contribution is 2.24. The minimum absolute atomic E-state index is 0.0255. The molecule has 0 unspecified atom stereocenters. The zero-order valence-electron chi connectivity index (χ0n) is 11.1. The van der Waals surface area contributed by atoms with E-state index in [-0.39, 0.29) is 11.6 Å². The molecule has 0 radical (unpaired) electrons. The predicted molar refractivity (Wildman–Crippen MR) is 71.3 cm³/mol. The highest BCUT2D eigenvalue weighted by Gasteiger charge is 2.28. The first-order chi connectivity index (χ1) is 8.90. The van der Waals surface area contributed by atoms with E-state index >= 15 is 0 Å². The summed E-state index contributed by atoms with van der Waals surface area (Å²) >= 11 is 0. The number of hydrogen-bond donors (Lipinski definition) is 0. The summed E-state index contributed by atoms with van der Waals surface area (Å²) in [6.07, 6.45) is 0. The molecule has 6 heteroatoms. The summed E-state index contributed by atoms with van der Waals surface area (Å²) in [5.41, 5.74) is 1.76. The summed E-state index contributed by atoms with van der Waals surface area (Å²) in [5.74, 6) is 0.557. The summed E-state index contributed by atoms with van der Waals surface area (Å²) < 4.78 is 29.6. The number of aryl methyl sites for hydroxylation is 2. The van der Waals surface area contributed by atoms with Crippen LogP contribution in [0, 0.1) is 13.8 Å². The van der Waals surface area contributed by atoms with E-state index in [9.17, 15) is 8.42 Å². The van der Waals surface area contributed by atoms with E-state index in [1.807, 2.05) is 31.2 Å². The molecule has 0 N–H and O–H groups in total. The molecule has 19 heavy (non-hydrogen) atoms. The zero-order valence-corrected chi connectivity index (χ0v) is 11.9. The normalized spacial score (nSPS) is 13.4. The van der Waals surface area contributed by atoms with Crippen LogP contribution in [-0.2, 0) is 15.6 Å². The topological polar surface area (TPSA) is 73.1 Å². The largest absolute Gasteiger partial charge is 0.338 e. The molecule has 102 valence electrons. The van der Waals surface area contributed by atoms with Crippen molar-refractivity contribution in [2.45, 2.75) is 31.8 Å². The van der Waals surface area contributed by atoms with Gasteiger partial charge in [-0.2, -0.15) is 4.98 Å². The number of benzene rings is 1. The fraction of sp³-hybridized carbons (Fsp3) is 0.385. The lowest BCUT2D eigenvalue weighted by Gasteiger charge is -2.10. The molecule has 2 rings (SSSR count). The molecule has 0 spiro atoms. The van der Waals surface area contributed by atoms with E-state index in [0.717, 1.165) is 11.1 Å². The second kappa shape index (κ2) is 5.13. The van der Waals surface area contributed by atoms with Gasteiger partial charge in [0, 0.05) is 0 Å². The van der Waals surface area contributed by atoms with Crippen LogP contribution in [0.2, 0.25) is 0 Å². The summed E-state index contributed by atoms with van der Waals surface area (Å²) in [4.78, 5) is 3.98. The van der Waals surface area contributed by atoms with E-state index in [1.165, 1.54) is 0 Å². The van der Waals surface area contributed by atoms with Crippen molar-refractivity contribution < 1.29 is 12.9 Å². The molecule has 1 atom stereocenters. The fourth-order valence-electron chi connectivity index (χ4n) is 1.75. The predicted octanol–water partition coefficient (Wildman–Crippen LogP) is 2.36. The first kappa shape index (κ1) is 13.7. The lowest BCUT2D eigenvalue weighted by atomic mass is 10.1. The molecule has 0 amide bonds. The monoisotopic (exact) mass is 280 g/mol. The Balaban J connectivity index is 2.26. The van der Waals surface area contributed by atoms with Crippen LogP contribution >= 0.6 is 0 Å². The van der Waals surface area contributed by atoms with E-state index in [1.54, 1.807) is 13.8 Å². The van der Waals surface area contributed by atoms with Crippen LogP contribution in [0.3, 0.4) is 0 Å². The molecule has 0 bridgehead atoms. The highest BCUT2D eigenvalue weighted by molar-refractivity contribution is 7.90. The Hall–Kier alpha value is -1.69. The zero-order chi connectivity index (χ0) is 14.0. The van der Waals surface area contributed by atoms with Crippen LogP contribution in [0.15, 0.2) is 28.8 Å². The number of sulfone groups is 1. The van der Waals surface area contributed by atoms with Gasteiger partial charge < -0.3 is 4.52 Å². The second-order valence-corrected chi connectivity index (χ2v) is 6.88. The Labute approximate surface area is 112 Å². The molecule has 0 saturated carbocycles. The molecule has 0 fully saturated rings. The molecule has 5 nitrogen and oxygen atoms in total. The SMILES string of the molecule is Cc1noc([C@H](C)S(=O)(=O)Cc2ccccc2C)n1. The fourth-order valence-corrected chi connectivity index (χ4v) is 3.16. The van der Waals surface area contributed by atoms with Crippen molar-refractivity contribution in [3.8, 4) is 0 Å². The van der Waals surface area contributed by atoms with Crippen molar-refractivity contribution in [3.63, 3.8) is 0 Å². The maximum atomic E-state index is 12.3. The average molecular weight is 280 g/mol. The van der Waals surface area contributed by atoms with Gasteiger partial charge in [0.05, 0.1) is 5.75 Å². The van der Waals surface area contributed by atoms with Crippen molar-refractivity contribution in [1.82, 2.24) is 10.1 Å². The Morgan fingerprint density at radius 1 is 1.26 bits per heavy atom. The van der Waals surface area contributed by atoms with Crippen LogP contribution in [0.4, 0.5) is 0 Å². The van der Waals surface area contributed by atoms with E-state index < -0.39 is 15.1 Å². The molecule has 0 aliphatic heterocycles. The Kier molecular flexibility index (Phi) is 3.71. The molecule has 1 aromatic heterocycles. The summed E-state index contributed by atoms with van der Waals surface area (Å²) in [6, 6.07) is 7.43. The number of nitrogens with zero attached hydrogens (tertiary/aromatic N) is 2. The van der Waals surface area contributed by atoms with Crippen LogP contribution in [0.5, 0.6) is 0 Å². The van der Waals surface area contributed by atoms with Gasteiger partial charge in [-0.15, -0.1) is 0 Å². The highest BCUT2D eigenvalue weighted by atomic mass is 32.2. The number of hydrogen-bond acceptors (Lipinski definition) is 5. The van der Waals surface area contributed by atoms with E-state index in [0.29, 0.717) is 5.82 Å². The van der Waals surface area contributed by atoms with Gasteiger partial charge in [-0.25, -0.2) is 8.42 Å².